The second kappa shape index (κ2) is 8.59. The number of nitrogens with zero attached hydrogens (tertiary/aromatic N) is 1. The lowest BCUT2D eigenvalue weighted by Gasteiger charge is -2.14. The number of anilines is 1. The first-order chi connectivity index (χ1) is 12.9. The molecule has 28 heavy (non-hydrogen) atoms. The number of sulfonamides is 1. The van der Waals surface area contributed by atoms with Crippen molar-refractivity contribution in [3.05, 3.63) is 63.1 Å². The van der Waals surface area contributed by atoms with Crippen LogP contribution < -0.4 is 4.72 Å². The van der Waals surface area contributed by atoms with Gasteiger partial charge in [-0.2, -0.15) is 21.6 Å². The predicted octanol–water partition coefficient (Wildman–Crippen LogP) is 5.50. The van der Waals surface area contributed by atoms with Crippen molar-refractivity contribution in [3.63, 3.8) is 0 Å². The molecule has 0 aliphatic heterocycles. The van der Waals surface area contributed by atoms with Gasteiger partial charge in [-0.1, -0.05) is 46.1 Å². The van der Waals surface area contributed by atoms with Crippen LogP contribution in [-0.2, 0) is 21.5 Å². The van der Waals surface area contributed by atoms with Crippen LogP contribution in [0.2, 0.25) is 10.0 Å². The van der Waals surface area contributed by atoms with Crippen LogP contribution in [-0.4, -0.2) is 19.6 Å². The zero-order valence-electron chi connectivity index (χ0n) is 14.6. The minimum Gasteiger partial charge on any atom is -0.391 e. The van der Waals surface area contributed by atoms with Crippen LogP contribution in [0.25, 0.3) is 0 Å². The molecule has 0 bridgehead atoms. The van der Waals surface area contributed by atoms with Gasteiger partial charge in [0.15, 0.2) is 0 Å². The lowest BCUT2D eigenvalue weighted by atomic mass is 10.1. The van der Waals surface area contributed by atoms with E-state index in [1.807, 2.05) is 0 Å². The molecule has 2 rings (SSSR count). The fraction of sp³-hybridized carbons (Fsp3) is 0.235. The number of nitrogens with one attached hydrogen (secondary N) is 1. The Bertz CT molecular complexity index is 1010. The number of benzene rings is 2. The molecule has 0 fully saturated rings. The van der Waals surface area contributed by atoms with Crippen molar-refractivity contribution < 1.29 is 26.4 Å². The van der Waals surface area contributed by atoms with E-state index in [0.29, 0.717) is 21.2 Å². The molecular weight excluding hydrogens is 440 g/mol. The highest BCUT2D eigenvalue weighted by molar-refractivity contribution is 7.93. The minimum atomic E-state index is -5.57. The van der Waals surface area contributed by atoms with E-state index in [1.165, 1.54) is 35.9 Å². The summed E-state index contributed by atoms with van der Waals surface area (Å²) < 4.78 is 62.3. The highest BCUT2D eigenvalue weighted by atomic mass is 35.5. The summed E-state index contributed by atoms with van der Waals surface area (Å²) in [5, 5.41) is 4.68. The zero-order valence-corrected chi connectivity index (χ0v) is 17.0. The van der Waals surface area contributed by atoms with Crippen LogP contribution in [0.15, 0.2) is 41.6 Å². The lowest BCUT2D eigenvalue weighted by molar-refractivity contribution is -0.0429. The van der Waals surface area contributed by atoms with Crippen LogP contribution in [0.5, 0.6) is 0 Å². The van der Waals surface area contributed by atoms with Crippen LogP contribution in [0.4, 0.5) is 18.9 Å². The van der Waals surface area contributed by atoms with E-state index in [4.69, 9.17) is 28.0 Å². The average molecular weight is 455 g/mol. The van der Waals surface area contributed by atoms with Gasteiger partial charge in [0.1, 0.15) is 6.61 Å². The quantitative estimate of drug-likeness (QED) is 0.462. The van der Waals surface area contributed by atoms with E-state index in [-0.39, 0.29) is 23.6 Å². The third kappa shape index (κ3) is 5.52. The topological polar surface area (TPSA) is 67.8 Å². The molecule has 0 unspecified atom stereocenters. The van der Waals surface area contributed by atoms with E-state index in [9.17, 15) is 21.6 Å². The van der Waals surface area contributed by atoms with Crippen LogP contribution >= 0.6 is 23.2 Å². The van der Waals surface area contributed by atoms with E-state index >= 15 is 0 Å². The summed E-state index contributed by atoms with van der Waals surface area (Å²) in [4.78, 5) is 5.21. The zero-order chi connectivity index (χ0) is 21.1. The molecule has 0 aromatic heterocycles. The Morgan fingerprint density at radius 1 is 1.18 bits per heavy atom. The molecule has 0 heterocycles. The number of alkyl halides is 3. The Hall–Kier alpha value is -1.97. The smallest absolute Gasteiger partial charge is 0.391 e. The summed E-state index contributed by atoms with van der Waals surface area (Å²) >= 11 is 11.8. The van der Waals surface area contributed by atoms with Gasteiger partial charge in [-0.3, -0.25) is 4.72 Å². The average Bonchev–Trinajstić information content (AvgIpc) is 2.57. The molecule has 0 atom stereocenters. The van der Waals surface area contributed by atoms with Crippen molar-refractivity contribution in [2.24, 2.45) is 5.16 Å². The first-order valence-corrected chi connectivity index (χ1v) is 9.95. The Morgan fingerprint density at radius 3 is 2.46 bits per heavy atom. The van der Waals surface area contributed by atoms with Crippen molar-refractivity contribution in [1.29, 1.82) is 0 Å². The van der Waals surface area contributed by atoms with Gasteiger partial charge >= 0.3 is 15.5 Å². The van der Waals surface area contributed by atoms with E-state index in [2.05, 4.69) is 5.16 Å². The number of hydrogen-bond acceptors (Lipinski definition) is 4. The monoisotopic (exact) mass is 454 g/mol. The third-order valence-corrected chi connectivity index (χ3v) is 5.24. The second-order valence-electron chi connectivity index (χ2n) is 5.79. The van der Waals surface area contributed by atoms with Crippen LogP contribution in [0, 0.1) is 6.92 Å². The molecule has 0 aliphatic carbocycles. The van der Waals surface area contributed by atoms with Crippen molar-refractivity contribution in [2.75, 3.05) is 4.72 Å². The molecule has 0 saturated heterocycles. The number of halogens is 5. The van der Waals surface area contributed by atoms with Crippen LogP contribution in [0.1, 0.15) is 23.6 Å². The summed E-state index contributed by atoms with van der Waals surface area (Å²) in [6, 6.07) is 8.98. The fourth-order valence-corrected chi connectivity index (χ4v) is 3.18. The molecule has 0 aliphatic rings. The number of hydrogen-bond donors (Lipinski definition) is 1. The largest absolute Gasteiger partial charge is 0.516 e. The Labute approximate surface area is 170 Å². The summed E-state index contributed by atoms with van der Waals surface area (Å²) in [6.45, 7) is 3.17. The van der Waals surface area contributed by atoms with Gasteiger partial charge in [0, 0.05) is 21.2 Å². The first kappa shape index (κ1) is 22.3. The fourth-order valence-electron chi connectivity index (χ4n) is 2.14. The molecular formula is C17H15Cl2F3N2O3S. The molecule has 2 aromatic rings. The third-order valence-electron chi connectivity index (χ3n) is 3.55. The summed E-state index contributed by atoms with van der Waals surface area (Å²) in [6.07, 6.45) is 0. The van der Waals surface area contributed by atoms with Gasteiger partial charge in [0.05, 0.1) is 11.4 Å². The normalized spacial score (nSPS) is 12.8. The molecule has 0 spiro atoms. The summed E-state index contributed by atoms with van der Waals surface area (Å²) in [7, 11) is -5.57. The molecule has 11 heteroatoms. The molecule has 0 saturated carbocycles. The Morgan fingerprint density at radius 2 is 1.86 bits per heavy atom. The molecule has 0 amide bonds. The van der Waals surface area contributed by atoms with Crippen molar-refractivity contribution in [3.8, 4) is 0 Å². The number of oxime groups is 1. The minimum absolute atomic E-state index is 0.0111. The van der Waals surface area contributed by atoms with E-state index in [1.54, 1.807) is 19.1 Å². The van der Waals surface area contributed by atoms with Crippen molar-refractivity contribution in [2.45, 2.75) is 26.0 Å². The SMILES string of the molecule is C/C(=N\OCc1ccc(Cl)cc1Cl)c1cc(C)ccc1NS(=O)(=O)C(F)(F)F. The van der Waals surface area contributed by atoms with Gasteiger partial charge < -0.3 is 4.84 Å². The van der Waals surface area contributed by atoms with E-state index < -0.39 is 15.5 Å². The Kier molecular flexibility index (Phi) is 6.84. The number of aryl methyl sites for hydroxylation is 1. The first-order valence-electron chi connectivity index (χ1n) is 7.71. The van der Waals surface area contributed by atoms with Gasteiger partial charge in [0.2, 0.25) is 0 Å². The van der Waals surface area contributed by atoms with Crippen molar-refractivity contribution in [1.82, 2.24) is 0 Å². The van der Waals surface area contributed by atoms with Crippen molar-refractivity contribution >= 4 is 44.6 Å². The van der Waals surface area contributed by atoms with E-state index in [0.717, 1.165) is 0 Å². The van der Waals surface area contributed by atoms with Gasteiger partial charge in [-0.25, -0.2) is 0 Å². The molecule has 5 nitrogen and oxygen atoms in total. The maximum atomic E-state index is 12.7. The standard InChI is InChI=1S/C17H15Cl2F3N2O3S/c1-10-3-6-16(24-28(25,26)17(20,21)22)14(7-10)11(2)23-27-9-12-4-5-13(18)8-15(12)19/h3-8,24H,9H2,1-2H3/b23-11+. The summed E-state index contributed by atoms with van der Waals surface area (Å²) in [5.74, 6) is 0. The highest BCUT2D eigenvalue weighted by Crippen LogP contribution is 2.28. The Balaban J connectivity index is 2.25. The second-order valence-corrected chi connectivity index (χ2v) is 8.30. The molecule has 0 radical (unpaired) electrons. The highest BCUT2D eigenvalue weighted by Gasteiger charge is 2.46. The molecule has 1 N–H and O–H groups in total. The molecule has 2 aromatic carbocycles. The van der Waals surface area contributed by atoms with Gasteiger partial charge in [0.25, 0.3) is 0 Å². The molecule has 152 valence electrons. The maximum absolute atomic E-state index is 12.7. The van der Waals surface area contributed by atoms with Crippen LogP contribution in [0.3, 0.4) is 0 Å². The predicted molar refractivity (Wildman–Crippen MR) is 103 cm³/mol. The lowest BCUT2D eigenvalue weighted by Crippen LogP contribution is -2.30. The number of rotatable bonds is 6. The van der Waals surface area contributed by atoms with Gasteiger partial charge in [-0.05, 0) is 38.1 Å². The van der Waals surface area contributed by atoms with Gasteiger partial charge in [-0.15, -0.1) is 0 Å². The maximum Gasteiger partial charge on any atom is 0.516 e. The summed E-state index contributed by atoms with van der Waals surface area (Å²) in [5.41, 5.74) is -4.09.